The molecule has 0 unspecified atom stereocenters. The van der Waals surface area contributed by atoms with Gasteiger partial charge in [0.2, 0.25) is 0 Å². The molecule has 0 bridgehead atoms. The van der Waals surface area contributed by atoms with E-state index in [2.05, 4.69) is 4.98 Å². The van der Waals surface area contributed by atoms with Gasteiger partial charge in [0.25, 0.3) is 0 Å². The lowest BCUT2D eigenvalue weighted by Crippen LogP contribution is -2.28. The number of nitrogens with zero attached hydrogens (tertiary/aromatic N) is 2. The van der Waals surface area contributed by atoms with Crippen LogP contribution in [0.5, 0.6) is 0 Å². The minimum absolute atomic E-state index is 0.0588. The summed E-state index contributed by atoms with van der Waals surface area (Å²) in [5, 5.41) is 11.8. The van der Waals surface area contributed by atoms with Gasteiger partial charge in [0.05, 0.1) is 10.6 Å². The topological polar surface area (TPSA) is 73.1 Å². The van der Waals surface area contributed by atoms with Crippen LogP contribution in [0.3, 0.4) is 0 Å². The van der Waals surface area contributed by atoms with E-state index < -0.39 is 4.92 Å². The number of hydrogen-bond acceptors (Lipinski definition) is 5. The van der Waals surface area contributed by atoms with Gasteiger partial charge in [0.1, 0.15) is 0 Å². The molecule has 0 atom stereocenters. The highest BCUT2D eigenvalue weighted by atomic mass is 32.2. The molecule has 0 saturated carbocycles. The molecule has 1 heterocycles. The maximum Gasteiger partial charge on any atom is 0.302 e. The van der Waals surface area contributed by atoms with E-state index in [1.807, 2.05) is 44.2 Å². The van der Waals surface area contributed by atoms with Gasteiger partial charge in [0, 0.05) is 23.8 Å². The lowest BCUT2D eigenvalue weighted by Gasteiger charge is -2.29. The number of carbonyl (C=O) groups is 1. The second kappa shape index (κ2) is 6.36. The summed E-state index contributed by atoms with van der Waals surface area (Å²) in [7, 11) is 0. The molecule has 0 fully saturated rings. The quantitative estimate of drug-likeness (QED) is 0.467. The summed E-state index contributed by atoms with van der Waals surface area (Å²) in [5.74, 6) is 0.543. The number of hydrogen-bond donors (Lipinski definition) is 0. The van der Waals surface area contributed by atoms with Crippen LogP contribution in [0.25, 0.3) is 0 Å². The zero-order valence-corrected chi connectivity index (χ0v) is 14.4. The molecule has 0 spiro atoms. The summed E-state index contributed by atoms with van der Waals surface area (Å²) in [5.41, 5.74) is 1.92. The first-order chi connectivity index (χ1) is 11.4. The maximum absolute atomic E-state index is 12.3. The number of thioether (sulfide) groups is 1. The molecule has 1 aromatic heterocycles. The molecule has 0 aliphatic heterocycles. The number of aromatic nitrogens is 1. The van der Waals surface area contributed by atoms with Crippen LogP contribution in [-0.4, -0.2) is 15.7 Å². The zero-order chi connectivity index (χ0) is 17.3. The summed E-state index contributed by atoms with van der Waals surface area (Å²) >= 11 is 1.34. The minimum Gasteiger partial charge on any atom is -0.294 e. The predicted molar refractivity (Wildman–Crippen MR) is 93.3 cm³/mol. The van der Waals surface area contributed by atoms with Gasteiger partial charge in [-0.05, 0) is 17.4 Å². The van der Waals surface area contributed by atoms with E-state index in [0.717, 1.165) is 5.56 Å². The first-order valence-corrected chi connectivity index (χ1v) is 8.72. The molecule has 124 valence electrons. The summed E-state index contributed by atoms with van der Waals surface area (Å²) in [6.45, 7) is 4.04. The smallest absolute Gasteiger partial charge is 0.294 e. The summed E-state index contributed by atoms with van der Waals surface area (Å²) in [6, 6.07) is 11.2. The van der Waals surface area contributed by atoms with Crippen LogP contribution in [0.15, 0.2) is 41.4 Å². The van der Waals surface area contributed by atoms with E-state index in [0.29, 0.717) is 34.9 Å². The standard InChI is InChI=1S/C18H18N2O3S/c1-18(2)9-14-13(16(21)10-18)8-15(20(22)23)17(19-14)24-11-12-6-4-3-5-7-12/h3-8H,9-11H2,1-2H3. The van der Waals surface area contributed by atoms with Crippen LogP contribution < -0.4 is 0 Å². The highest BCUT2D eigenvalue weighted by molar-refractivity contribution is 7.98. The average Bonchev–Trinajstić information content (AvgIpc) is 2.52. The highest BCUT2D eigenvalue weighted by Gasteiger charge is 2.34. The van der Waals surface area contributed by atoms with Crippen molar-refractivity contribution in [3.05, 3.63) is 63.3 Å². The van der Waals surface area contributed by atoms with Gasteiger partial charge in [0.15, 0.2) is 10.8 Å². The van der Waals surface area contributed by atoms with Gasteiger partial charge < -0.3 is 0 Å². The van der Waals surface area contributed by atoms with Gasteiger partial charge in [-0.15, -0.1) is 0 Å². The highest BCUT2D eigenvalue weighted by Crippen LogP contribution is 2.38. The Morgan fingerprint density at radius 2 is 1.96 bits per heavy atom. The van der Waals surface area contributed by atoms with Crippen LogP contribution in [0.4, 0.5) is 5.69 Å². The zero-order valence-electron chi connectivity index (χ0n) is 13.6. The second-order valence-electron chi connectivity index (χ2n) is 6.78. The van der Waals surface area contributed by atoms with Crippen molar-refractivity contribution in [2.24, 2.45) is 5.41 Å². The van der Waals surface area contributed by atoms with Gasteiger partial charge >= 0.3 is 5.69 Å². The van der Waals surface area contributed by atoms with Crippen molar-refractivity contribution in [3.8, 4) is 0 Å². The summed E-state index contributed by atoms with van der Waals surface area (Å²) in [6.07, 6.45) is 1.06. The third kappa shape index (κ3) is 3.48. The number of ketones is 1. The molecule has 1 aliphatic rings. The van der Waals surface area contributed by atoms with Gasteiger partial charge in [-0.1, -0.05) is 55.9 Å². The Hall–Kier alpha value is -2.21. The molecule has 0 saturated heterocycles. The molecule has 1 aromatic carbocycles. The van der Waals surface area contributed by atoms with Crippen LogP contribution >= 0.6 is 11.8 Å². The molecule has 5 nitrogen and oxygen atoms in total. The third-order valence-electron chi connectivity index (χ3n) is 4.05. The Bertz CT molecular complexity index is 803. The molecule has 0 amide bonds. The second-order valence-corrected chi connectivity index (χ2v) is 7.74. The Morgan fingerprint density at radius 1 is 1.25 bits per heavy atom. The van der Waals surface area contributed by atoms with Gasteiger partial charge in [-0.3, -0.25) is 14.9 Å². The summed E-state index contributed by atoms with van der Waals surface area (Å²) in [4.78, 5) is 27.7. The van der Waals surface area contributed by atoms with Crippen LogP contribution in [-0.2, 0) is 12.2 Å². The summed E-state index contributed by atoms with van der Waals surface area (Å²) < 4.78 is 0. The molecule has 0 radical (unpaired) electrons. The molecule has 3 rings (SSSR count). The number of pyridine rings is 1. The van der Waals surface area contributed by atoms with E-state index in [9.17, 15) is 14.9 Å². The third-order valence-corrected chi connectivity index (χ3v) is 5.10. The van der Waals surface area contributed by atoms with E-state index in [1.165, 1.54) is 17.8 Å². The van der Waals surface area contributed by atoms with E-state index >= 15 is 0 Å². The molecule has 2 aromatic rings. The fourth-order valence-corrected chi connectivity index (χ4v) is 3.86. The lowest BCUT2D eigenvalue weighted by molar-refractivity contribution is -0.388. The van der Waals surface area contributed by atoms with Crippen molar-refractivity contribution in [1.82, 2.24) is 4.98 Å². The Labute approximate surface area is 144 Å². The fraction of sp³-hybridized carbons (Fsp3) is 0.333. The van der Waals surface area contributed by atoms with Gasteiger partial charge in [-0.2, -0.15) is 0 Å². The van der Waals surface area contributed by atoms with Crippen molar-refractivity contribution in [2.45, 2.75) is 37.5 Å². The van der Waals surface area contributed by atoms with Crippen molar-refractivity contribution in [1.29, 1.82) is 0 Å². The Morgan fingerprint density at radius 3 is 2.62 bits per heavy atom. The van der Waals surface area contributed by atoms with E-state index in [1.54, 1.807) is 0 Å². The van der Waals surface area contributed by atoms with Crippen molar-refractivity contribution >= 4 is 23.2 Å². The molecule has 6 heteroatoms. The first-order valence-electron chi connectivity index (χ1n) is 7.74. The largest absolute Gasteiger partial charge is 0.302 e. The SMILES string of the molecule is CC1(C)CC(=O)c2cc([N+](=O)[O-])c(SCc3ccccc3)nc2C1. The van der Waals surface area contributed by atoms with Crippen molar-refractivity contribution in [2.75, 3.05) is 0 Å². The van der Waals surface area contributed by atoms with Crippen molar-refractivity contribution < 1.29 is 9.72 Å². The molecule has 24 heavy (non-hydrogen) atoms. The number of rotatable bonds is 4. The Balaban J connectivity index is 1.96. The molecular weight excluding hydrogens is 324 g/mol. The molecule has 1 aliphatic carbocycles. The molecule has 0 N–H and O–H groups in total. The number of benzene rings is 1. The average molecular weight is 342 g/mol. The monoisotopic (exact) mass is 342 g/mol. The van der Waals surface area contributed by atoms with Crippen LogP contribution in [0.1, 0.15) is 41.9 Å². The van der Waals surface area contributed by atoms with Crippen LogP contribution in [0.2, 0.25) is 0 Å². The van der Waals surface area contributed by atoms with Crippen LogP contribution in [0, 0.1) is 15.5 Å². The minimum atomic E-state index is -0.451. The van der Waals surface area contributed by atoms with Gasteiger partial charge in [-0.25, -0.2) is 4.98 Å². The normalized spacial score (nSPS) is 15.8. The first kappa shape index (κ1) is 16.6. The lowest BCUT2D eigenvalue weighted by atomic mass is 9.75. The Kier molecular flexibility index (Phi) is 4.41. The molecular formula is C18H18N2O3S. The predicted octanol–water partition coefficient (Wildman–Crippen LogP) is 4.44. The maximum atomic E-state index is 12.3. The number of nitro groups is 1. The fourth-order valence-electron chi connectivity index (χ4n) is 2.91. The van der Waals surface area contributed by atoms with E-state index in [4.69, 9.17) is 0 Å². The van der Waals surface area contributed by atoms with Crippen molar-refractivity contribution in [3.63, 3.8) is 0 Å². The number of carbonyl (C=O) groups excluding carboxylic acids is 1. The number of fused-ring (bicyclic) bond motifs is 1. The van der Waals surface area contributed by atoms with E-state index in [-0.39, 0.29) is 16.9 Å². The number of Topliss-reactive ketones (excluding diaryl/α,β-unsaturated/α-hetero) is 1.